The second-order valence-electron chi connectivity index (χ2n) is 8.26. The van der Waals surface area contributed by atoms with E-state index in [0.29, 0.717) is 31.2 Å². The number of rotatable bonds is 6. The number of hydrogen-bond acceptors (Lipinski definition) is 4. The van der Waals surface area contributed by atoms with Crippen LogP contribution >= 0.6 is 0 Å². The number of piperazine rings is 1. The molecule has 6 heteroatoms. The van der Waals surface area contributed by atoms with Crippen LogP contribution in [-0.4, -0.2) is 41.9 Å². The zero-order valence-electron chi connectivity index (χ0n) is 18.2. The van der Waals surface area contributed by atoms with Gasteiger partial charge in [-0.2, -0.15) is 0 Å². The molecule has 0 bridgehead atoms. The summed E-state index contributed by atoms with van der Waals surface area (Å²) in [6.07, 6.45) is 0. The topological polar surface area (TPSA) is 45.9 Å². The van der Waals surface area contributed by atoms with E-state index in [2.05, 4.69) is 11.0 Å². The lowest BCUT2D eigenvalue weighted by Crippen LogP contribution is -2.48. The number of nitrogens with zero attached hydrogens (tertiary/aromatic N) is 2. The number of hydrogen-bond donors (Lipinski definition) is 0. The van der Waals surface area contributed by atoms with E-state index in [9.17, 15) is 9.18 Å². The second kappa shape index (κ2) is 9.46. The third kappa shape index (κ3) is 5.07. The van der Waals surface area contributed by atoms with Crippen LogP contribution in [0.2, 0.25) is 0 Å². The highest BCUT2D eigenvalue weighted by Gasteiger charge is 2.24. The summed E-state index contributed by atoms with van der Waals surface area (Å²) in [4.78, 5) is 16.9. The van der Waals surface area contributed by atoms with E-state index in [0.717, 1.165) is 35.2 Å². The lowest BCUT2D eigenvalue weighted by atomic mass is 10.1. The van der Waals surface area contributed by atoms with Gasteiger partial charge in [-0.3, -0.25) is 9.69 Å². The molecule has 0 N–H and O–H groups in total. The van der Waals surface area contributed by atoms with Gasteiger partial charge in [0.15, 0.2) is 5.76 Å². The van der Waals surface area contributed by atoms with Gasteiger partial charge in [0.1, 0.15) is 23.9 Å². The predicted molar refractivity (Wildman–Crippen MR) is 125 cm³/mol. The van der Waals surface area contributed by atoms with Crippen LogP contribution in [0.25, 0.3) is 10.8 Å². The Hall–Kier alpha value is -3.64. The summed E-state index contributed by atoms with van der Waals surface area (Å²) in [5, 5.41) is 2.27. The zero-order valence-corrected chi connectivity index (χ0v) is 18.2. The van der Waals surface area contributed by atoms with Gasteiger partial charge >= 0.3 is 0 Å². The standard InChI is InChI=1S/C27H25FN2O3/c28-23-7-3-4-20(16-23)18-29-12-14-30(15-13-29)27(31)26-11-10-25(33-26)19-32-24-9-8-21-5-1-2-6-22(21)17-24/h1-11,16-17H,12-15,18-19H2. The smallest absolute Gasteiger partial charge is 0.289 e. The van der Waals surface area contributed by atoms with E-state index < -0.39 is 0 Å². The maximum absolute atomic E-state index is 13.4. The third-order valence-corrected chi connectivity index (χ3v) is 5.93. The van der Waals surface area contributed by atoms with E-state index in [1.165, 1.54) is 6.07 Å². The van der Waals surface area contributed by atoms with Crippen LogP contribution in [0.4, 0.5) is 4.39 Å². The Labute approximate surface area is 192 Å². The number of halogens is 1. The molecule has 168 valence electrons. The van der Waals surface area contributed by atoms with Crippen LogP contribution < -0.4 is 4.74 Å². The van der Waals surface area contributed by atoms with Gasteiger partial charge in [0.2, 0.25) is 0 Å². The lowest BCUT2D eigenvalue weighted by Gasteiger charge is -2.34. The molecular weight excluding hydrogens is 419 g/mol. The Kier molecular flexibility index (Phi) is 6.09. The van der Waals surface area contributed by atoms with E-state index in [-0.39, 0.29) is 18.3 Å². The van der Waals surface area contributed by atoms with Crippen molar-refractivity contribution in [2.24, 2.45) is 0 Å². The minimum absolute atomic E-state index is 0.114. The van der Waals surface area contributed by atoms with Crippen LogP contribution in [0.5, 0.6) is 5.75 Å². The first-order valence-electron chi connectivity index (χ1n) is 11.1. The molecule has 1 aromatic heterocycles. The monoisotopic (exact) mass is 444 g/mol. The highest BCUT2D eigenvalue weighted by molar-refractivity contribution is 5.91. The van der Waals surface area contributed by atoms with Gasteiger partial charge in [-0.1, -0.05) is 42.5 Å². The van der Waals surface area contributed by atoms with Crippen molar-refractivity contribution in [3.05, 3.63) is 102 Å². The first-order chi connectivity index (χ1) is 16.1. The number of benzene rings is 3. The Morgan fingerprint density at radius 2 is 1.70 bits per heavy atom. The van der Waals surface area contributed by atoms with Crippen LogP contribution in [0.1, 0.15) is 21.9 Å². The number of carbonyl (C=O) groups excluding carboxylic acids is 1. The van der Waals surface area contributed by atoms with Crippen LogP contribution in [0.15, 0.2) is 83.3 Å². The number of fused-ring (bicyclic) bond motifs is 1. The minimum Gasteiger partial charge on any atom is -0.486 e. The van der Waals surface area contributed by atoms with Crippen molar-refractivity contribution in [3.8, 4) is 5.75 Å². The molecule has 0 saturated carbocycles. The molecule has 0 spiro atoms. The lowest BCUT2D eigenvalue weighted by molar-refractivity contribution is 0.0594. The van der Waals surface area contributed by atoms with Gasteiger partial charge in [-0.05, 0) is 52.7 Å². The average molecular weight is 445 g/mol. The Balaban J connectivity index is 1.14. The maximum atomic E-state index is 13.4. The number of amides is 1. The molecule has 1 amide bonds. The predicted octanol–water partition coefficient (Wildman–Crippen LogP) is 5.11. The summed E-state index contributed by atoms with van der Waals surface area (Å²) in [5.41, 5.74) is 0.942. The average Bonchev–Trinajstić information content (AvgIpc) is 3.32. The normalized spacial score (nSPS) is 14.5. The Bertz CT molecular complexity index is 1260. The molecule has 1 aliphatic rings. The van der Waals surface area contributed by atoms with Crippen molar-refractivity contribution in [1.29, 1.82) is 0 Å². The summed E-state index contributed by atoms with van der Waals surface area (Å²) in [6.45, 7) is 3.63. The fraction of sp³-hybridized carbons (Fsp3) is 0.222. The second-order valence-corrected chi connectivity index (χ2v) is 8.26. The highest BCUT2D eigenvalue weighted by atomic mass is 19.1. The largest absolute Gasteiger partial charge is 0.486 e. The highest BCUT2D eigenvalue weighted by Crippen LogP contribution is 2.22. The molecular formula is C27H25FN2O3. The Morgan fingerprint density at radius 3 is 2.52 bits per heavy atom. The van der Waals surface area contributed by atoms with Gasteiger partial charge in [0, 0.05) is 32.7 Å². The number of ether oxygens (including phenoxy) is 1. The van der Waals surface area contributed by atoms with Crippen molar-refractivity contribution < 1.29 is 18.3 Å². The van der Waals surface area contributed by atoms with Gasteiger partial charge in [-0.15, -0.1) is 0 Å². The van der Waals surface area contributed by atoms with E-state index in [4.69, 9.17) is 9.15 Å². The van der Waals surface area contributed by atoms with E-state index in [1.807, 2.05) is 42.5 Å². The quantitative estimate of drug-likeness (QED) is 0.415. The molecule has 0 radical (unpaired) electrons. The minimum atomic E-state index is -0.223. The van der Waals surface area contributed by atoms with Crippen LogP contribution in [-0.2, 0) is 13.2 Å². The first-order valence-corrected chi connectivity index (χ1v) is 11.1. The van der Waals surface area contributed by atoms with Crippen molar-refractivity contribution in [2.75, 3.05) is 26.2 Å². The van der Waals surface area contributed by atoms with Crippen molar-refractivity contribution >= 4 is 16.7 Å². The molecule has 1 saturated heterocycles. The van der Waals surface area contributed by atoms with Gasteiger partial charge in [0.05, 0.1) is 0 Å². The molecule has 1 fully saturated rings. The zero-order chi connectivity index (χ0) is 22.6. The third-order valence-electron chi connectivity index (χ3n) is 5.93. The molecule has 5 nitrogen and oxygen atoms in total. The van der Waals surface area contributed by atoms with Crippen molar-refractivity contribution in [1.82, 2.24) is 9.80 Å². The first kappa shape index (κ1) is 21.2. The molecule has 1 aliphatic heterocycles. The van der Waals surface area contributed by atoms with E-state index in [1.54, 1.807) is 29.2 Å². The summed E-state index contributed by atoms with van der Waals surface area (Å²) >= 11 is 0. The summed E-state index contributed by atoms with van der Waals surface area (Å²) < 4.78 is 25.0. The Morgan fingerprint density at radius 1 is 0.879 bits per heavy atom. The molecule has 0 unspecified atom stereocenters. The fourth-order valence-corrected chi connectivity index (χ4v) is 4.14. The summed E-state index contributed by atoms with van der Waals surface area (Å²) in [5.74, 6) is 1.35. The van der Waals surface area contributed by atoms with Gasteiger partial charge in [0.25, 0.3) is 5.91 Å². The van der Waals surface area contributed by atoms with Crippen molar-refractivity contribution in [2.45, 2.75) is 13.2 Å². The van der Waals surface area contributed by atoms with Crippen molar-refractivity contribution in [3.63, 3.8) is 0 Å². The van der Waals surface area contributed by atoms with E-state index >= 15 is 0 Å². The summed E-state index contributed by atoms with van der Waals surface area (Å²) in [7, 11) is 0. The summed E-state index contributed by atoms with van der Waals surface area (Å²) in [6, 6.07) is 24.2. The molecule has 3 aromatic carbocycles. The maximum Gasteiger partial charge on any atom is 0.289 e. The molecule has 0 atom stereocenters. The number of carbonyl (C=O) groups is 1. The van der Waals surface area contributed by atoms with Crippen LogP contribution in [0.3, 0.4) is 0 Å². The fourth-order valence-electron chi connectivity index (χ4n) is 4.14. The van der Waals surface area contributed by atoms with Gasteiger partial charge < -0.3 is 14.1 Å². The van der Waals surface area contributed by atoms with Gasteiger partial charge in [-0.25, -0.2) is 4.39 Å². The number of furan rings is 1. The SMILES string of the molecule is O=C(c1ccc(COc2ccc3ccccc3c2)o1)N1CCN(Cc2cccc(F)c2)CC1. The molecule has 5 rings (SSSR count). The van der Waals surface area contributed by atoms with Crippen LogP contribution in [0, 0.1) is 5.82 Å². The molecule has 2 heterocycles. The molecule has 0 aliphatic carbocycles. The molecule has 33 heavy (non-hydrogen) atoms. The molecule has 4 aromatic rings.